The lowest BCUT2D eigenvalue weighted by Gasteiger charge is -2.32. The molecule has 182 valence electrons. The quantitative estimate of drug-likeness (QED) is 0.348. The van der Waals surface area contributed by atoms with Crippen LogP contribution in [0, 0.1) is 5.41 Å². The van der Waals surface area contributed by atoms with Gasteiger partial charge in [-0.1, -0.05) is 13.8 Å². The molecule has 8 heteroatoms. The largest absolute Gasteiger partial charge is 0.511 e. The molecule has 0 fully saturated rings. The molecule has 0 atom stereocenters. The summed E-state index contributed by atoms with van der Waals surface area (Å²) in [5.41, 5.74) is -3.04. The van der Waals surface area contributed by atoms with Crippen molar-refractivity contribution in [1.29, 1.82) is 0 Å². The zero-order valence-electron chi connectivity index (χ0n) is 20.2. The number of hydrogen-bond acceptors (Lipinski definition) is 8. The van der Waals surface area contributed by atoms with E-state index in [1.54, 1.807) is 39.8 Å². The molecule has 2 aliphatic rings. The van der Waals surface area contributed by atoms with E-state index >= 15 is 0 Å². The van der Waals surface area contributed by atoms with Crippen LogP contribution in [-0.2, 0) is 16.0 Å². The monoisotopic (exact) mass is 470 g/mol. The summed E-state index contributed by atoms with van der Waals surface area (Å²) in [5, 5.41) is 43.8. The molecule has 0 unspecified atom stereocenters. The number of ketones is 3. The van der Waals surface area contributed by atoms with Crippen molar-refractivity contribution in [3.05, 3.63) is 45.4 Å². The second-order valence-electron chi connectivity index (χ2n) is 9.57. The first-order valence-corrected chi connectivity index (χ1v) is 11.2. The lowest BCUT2D eigenvalue weighted by molar-refractivity contribution is -0.127. The molecular weight excluding hydrogens is 440 g/mol. The summed E-state index contributed by atoms with van der Waals surface area (Å²) >= 11 is 0. The number of Topliss-reactive ketones (excluding diaryl/α,β-unsaturated/α-hetero) is 3. The van der Waals surface area contributed by atoms with Gasteiger partial charge in [0.1, 0.15) is 45.5 Å². The molecule has 0 spiro atoms. The van der Waals surface area contributed by atoms with Crippen molar-refractivity contribution in [2.24, 2.45) is 5.41 Å². The van der Waals surface area contributed by atoms with E-state index < -0.39 is 63.4 Å². The van der Waals surface area contributed by atoms with Crippen LogP contribution in [0.25, 0.3) is 6.08 Å². The Kier molecular flexibility index (Phi) is 6.15. The number of ether oxygens (including phenoxy) is 1. The third-order valence-electron chi connectivity index (χ3n) is 6.30. The fraction of sp³-hybridized carbons (Fsp3) is 0.423. The van der Waals surface area contributed by atoms with Gasteiger partial charge in [0.05, 0.1) is 11.0 Å². The summed E-state index contributed by atoms with van der Waals surface area (Å²) in [6.45, 7) is 9.50. The summed E-state index contributed by atoms with van der Waals surface area (Å²) in [6, 6.07) is 0. The first kappa shape index (κ1) is 25.1. The molecule has 8 nitrogen and oxygen atoms in total. The summed E-state index contributed by atoms with van der Waals surface area (Å²) in [6.07, 6.45) is 2.82. The van der Waals surface area contributed by atoms with Gasteiger partial charge < -0.3 is 25.2 Å². The molecule has 1 aliphatic carbocycles. The summed E-state index contributed by atoms with van der Waals surface area (Å²) in [4.78, 5) is 38.0. The zero-order valence-corrected chi connectivity index (χ0v) is 20.2. The molecule has 1 aromatic carbocycles. The van der Waals surface area contributed by atoms with Crippen LogP contribution in [0.3, 0.4) is 0 Å². The normalized spacial score (nSPS) is 18.6. The van der Waals surface area contributed by atoms with Crippen LogP contribution in [-0.4, -0.2) is 43.4 Å². The molecule has 1 aromatic rings. The van der Waals surface area contributed by atoms with E-state index in [0.29, 0.717) is 0 Å². The minimum absolute atomic E-state index is 0.0390. The van der Waals surface area contributed by atoms with E-state index in [2.05, 4.69) is 0 Å². The molecular formula is C26H30O8. The van der Waals surface area contributed by atoms with E-state index in [4.69, 9.17) is 4.74 Å². The Bertz CT molecular complexity index is 1210. The number of fused-ring (bicyclic) bond motifs is 1. The average molecular weight is 471 g/mol. The maximum Gasteiger partial charge on any atom is 0.183 e. The average Bonchev–Trinajstić information content (AvgIpc) is 2.76. The van der Waals surface area contributed by atoms with Gasteiger partial charge in [-0.25, -0.2) is 0 Å². The van der Waals surface area contributed by atoms with Crippen molar-refractivity contribution in [1.82, 2.24) is 0 Å². The Morgan fingerprint density at radius 3 is 2.09 bits per heavy atom. The Morgan fingerprint density at radius 2 is 1.53 bits per heavy atom. The number of phenols is 2. The number of aliphatic hydroxyl groups is 2. The fourth-order valence-electron chi connectivity index (χ4n) is 4.17. The number of allylic oxidation sites excluding steroid dienone is 3. The van der Waals surface area contributed by atoms with Crippen LogP contribution >= 0.6 is 0 Å². The summed E-state index contributed by atoms with van der Waals surface area (Å²) in [7, 11) is 0. The number of carbonyl (C=O) groups is 3. The number of benzene rings is 1. The van der Waals surface area contributed by atoms with E-state index in [1.807, 2.05) is 0 Å². The first-order chi connectivity index (χ1) is 15.7. The van der Waals surface area contributed by atoms with Gasteiger partial charge in [0.15, 0.2) is 17.3 Å². The number of rotatable bonds is 6. The van der Waals surface area contributed by atoms with Crippen molar-refractivity contribution >= 4 is 23.4 Å². The van der Waals surface area contributed by atoms with Crippen LogP contribution in [0.2, 0.25) is 0 Å². The Hall–Kier alpha value is -3.55. The Balaban J connectivity index is 2.30. The molecule has 3 rings (SSSR count). The van der Waals surface area contributed by atoms with Gasteiger partial charge in [0, 0.05) is 30.4 Å². The molecule has 0 aromatic heterocycles. The number of aliphatic hydroxyl groups excluding tert-OH is 2. The van der Waals surface area contributed by atoms with Crippen LogP contribution in [0.1, 0.15) is 75.9 Å². The Morgan fingerprint density at radius 1 is 0.941 bits per heavy atom. The van der Waals surface area contributed by atoms with Crippen LogP contribution in [0.4, 0.5) is 0 Å². The SMILES string of the molecule is CCC(=O)C1=C(O)C(Cc2c(O)c3c(c(C(=O)CC)c2O)OC(C)(C)C=C3)=C(O)C(C)(C)C1=O. The highest BCUT2D eigenvalue weighted by Crippen LogP contribution is 2.49. The molecule has 34 heavy (non-hydrogen) atoms. The predicted molar refractivity (Wildman–Crippen MR) is 125 cm³/mol. The molecule has 0 bridgehead atoms. The molecule has 4 N–H and O–H groups in total. The van der Waals surface area contributed by atoms with Gasteiger partial charge in [-0.3, -0.25) is 14.4 Å². The smallest absolute Gasteiger partial charge is 0.183 e. The highest BCUT2D eigenvalue weighted by atomic mass is 16.5. The fourth-order valence-corrected chi connectivity index (χ4v) is 4.17. The number of carbonyl (C=O) groups excluding carboxylic acids is 3. The highest BCUT2D eigenvalue weighted by Gasteiger charge is 2.45. The van der Waals surface area contributed by atoms with Gasteiger partial charge in [-0.15, -0.1) is 0 Å². The van der Waals surface area contributed by atoms with Crippen molar-refractivity contribution in [2.45, 2.75) is 66.4 Å². The van der Waals surface area contributed by atoms with Crippen molar-refractivity contribution < 1.29 is 39.5 Å². The van der Waals surface area contributed by atoms with Gasteiger partial charge >= 0.3 is 0 Å². The highest BCUT2D eigenvalue weighted by molar-refractivity contribution is 6.24. The van der Waals surface area contributed by atoms with E-state index in [1.165, 1.54) is 13.8 Å². The first-order valence-electron chi connectivity index (χ1n) is 11.2. The topological polar surface area (TPSA) is 141 Å². The third kappa shape index (κ3) is 3.77. The van der Waals surface area contributed by atoms with Crippen LogP contribution in [0.5, 0.6) is 17.2 Å². The standard InChI is InChI=1S/C26H30O8/c1-7-15(27)17-20(30)13(19(29)12-9-10-25(3,4)34-22(12)17)11-14-21(31)18(16(28)8-2)24(33)26(5,6)23(14)32/h9-10,29-32H,7-8,11H2,1-6H3. The molecule has 1 heterocycles. The van der Waals surface area contributed by atoms with Crippen molar-refractivity contribution in [3.8, 4) is 17.2 Å². The minimum Gasteiger partial charge on any atom is -0.511 e. The second kappa shape index (κ2) is 8.34. The van der Waals surface area contributed by atoms with E-state index in [9.17, 15) is 34.8 Å². The van der Waals surface area contributed by atoms with E-state index in [0.717, 1.165) is 0 Å². The predicted octanol–water partition coefficient (Wildman–Crippen LogP) is 4.63. The Labute approximate surface area is 197 Å². The van der Waals surface area contributed by atoms with Gasteiger partial charge in [-0.05, 0) is 39.8 Å². The van der Waals surface area contributed by atoms with Crippen molar-refractivity contribution in [2.75, 3.05) is 0 Å². The number of hydrogen-bond donors (Lipinski definition) is 4. The molecule has 1 aliphatic heterocycles. The number of aromatic hydroxyl groups is 2. The molecule has 0 amide bonds. The maximum absolute atomic E-state index is 12.8. The lowest BCUT2D eigenvalue weighted by atomic mass is 9.73. The summed E-state index contributed by atoms with van der Waals surface area (Å²) < 4.78 is 5.90. The molecule has 0 saturated carbocycles. The lowest BCUT2D eigenvalue weighted by Crippen LogP contribution is -2.36. The molecule has 0 saturated heterocycles. The second-order valence-corrected chi connectivity index (χ2v) is 9.57. The van der Waals surface area contributed by atoms with Gasteiger partial charge in [-0.2, -0.15) is 0 Å². The van der Waals surface area contributed by atoms with Gasteiger partial charge in [0.2, 0.25) is 0 Å². The van der Waals surface area contributed by atoms with Crippen molar-refractivity contribution in [3.63, 3.8) is 0 Å². The third-order valence-corrected chi connectivity index (χ3v) is 6.30. The summed E-state index contributed by atoms with van der Waals surface area (Å²) in [5.74, 6) is -3.87. The van der Waals surface area contributed by atoms with Crippen LogP contribution < -0.4 is 4.74 Å². The minimum atomic E-state index is -1.52. The van der Waals surface area contributed by atoms with E-state index in [-0.39, 0.29) is 40.9 Å². The van der Waals surface area contributed by atoms with Crippen LogP contribution in [0.15, 0.2) is 28.7 Å². The zero-order chi connectivity index (χ0) is 25.7. The number of phenolic OH excluding ortho intramolecular Hbond substituents is 2. The van der Waals surface area contributed by atoms with Gasteiger partial charge in [0.25, 0.3) is 0 Å². The maximum atomic E-state index is 12.8. The molecule has 0 radical (unpaired) electrons.